The minimum Gasteiger partial charge on any atom is -0.336 e. The standard InChI is InChI=1S/C11H12BrN3O2/c1-14-4-5-15(11(17)10(14)16)7-9-3-2-8(12)6-13-9/h2-3,6H,4-5,7H2,1H3. The molecule has 90 valence electrons. The second kappa shape index (κ2) is 4.83. The molecule has 0 saturated carbocycles. The van der Waals surface area contributed by atoms with Crippen molar-refractivity contribution in [1.82, 2.24) is 14.8 Å². The van der Waals surface area contributed by atoms with Crippen LogP contribution in [0.25, 0.3) is 0 Å². The van der Waals surface area contributed by atoms with Crippen molar-refractivity contribution in [3.63, 3.8) is 0 Å². The van der Waals surface area contributed by atoms with Crippen LogP contribution in [0.4, 0.5) is 0 Å². The van der Waals surface area contributed by atoms with E-state index in [0.717, 1.165) is 10.2 Å². The highest BCUT2D eigenvalue weighted by atomic mass is 79.9. The third kappa shape index (κ3) is 2.63. The largest absolute Gasteiger partial charge is 0.336 e. The molecule has 1 aliphatic heterocycles. The summed E-state index contributed by atoms with van der Waals surface area (Å²) in [7, 11) is 1.63. The summed E-state index contributed by atoms with van der Waals surface area (Å²) in [5, 5.41) is 0. The Labute approximate surface area is 108 Å². The van der Waals surface area contributed by atoms with Gasteiger partial charge in [-0.3, -0.25) is 14.6 Å². The van der Waals surface area contributed by atoms with Crippen LogP contribution in [0.15, 0.2) is 22.8 Å². The van der Waals surface area contributed by atoms with Crippen LogP contribution in [0.3, 0.4) is 0 Å². The Balaban J connectivity index is 2.07. The average Bonchev–Trinajstić information content (AvgIpc) is 2.33. The van der Waals surface area contributed by atoms with Crippen molar-refractivity contribution in [2.24, 2.45) is 0 Å². The van der Waals surface area contributed by atoms with Crippen molar-refractivity contribution in [2.75, 3.05) is 20.1 Å². The fraction of sp³-hybridized carbons (Fsp3) is 0.364. The van der Waals surface area contributed by atoms with E-state index in [0.29, 0.717) is 19.6 Å². The summed E-state index contributed by atoms with van der Waals surface area (Å²) in [5.74, 6) is -0.906. The number of piperazine rings is 1. The van der Waals surface area contributed by atoms with Crippen molar-refractivity contribution < 1.29 is 9.59 Å². The lowest BCUT2D eigenvalue weighted by molar-refractivity contribution is -0.155. The topological polar surface area (TPSA) is 53.5 Å². The number of nitrogens with zero attached hydrogens (tertiary/aromatic N) is 3. The summed E-state index contributed by atoms with van der Waals surface area (Å²) in [6.07, 6.45) is 1.68. The molecule has 0 bridgehead atoms. The maximum Gasteiger partial charge on any atom is 0.312 e. The summed E-state index contributed by atoms with van der Waals surface area (Å²) in [6.45, 7) is 1.51. The minimum absolute atomic E-state index is 0.381. The van der Waals surface area contributed by atoms with Crippen LogP contribution in [0, 0.1) is 0 Å². The highest BCUT2D eigenvalue weighted by Gasteiger charge is 2.30. The van der Waals surface area contributed by atoms with Gasteiger partial charge >= 0.3 is 11.8 Å². The molecule has 1 aromatic rings. The van der Waals surface area contributed by atoms with Gasteiger partial charge in [-0.05, 0) is 28.1 Å². The van der Waals surface area contributed by atoms with E-state index in [-0.39, 0.29) is 0 Å². The smallest absolute Gasteiger partial charge is 0.312 e. The van der Waals surface area contributed by atoms with Gasteiger partial charge in [0.2, 0.25) is 0 Å². The fourth-order valence-electron chi connectivity index (χ4n) is 1.62. The van der Waals surface area contributed by atoms with Crippen LogP contribution in [-0.2, 0) is 16.1 Å². The molecule has 2 rings (SSSR count). The molecule has 0 atom stereocenters. The van der Waals surface area contributed by atoms with E-state index < -0.39 is 11.8 Å². The molecule has 2 heterocycles. The molecule has 1 saturated heterocycles. The highest BCUT2D eigenvalue weighted by molar-refractivity contribution is 9.10. The van der Waals surface area contributed by atoms with Gasteiger partial charge < -0.3 is 9.80 Å². The first-order valence-corrected chi connectivity index (χ1v) is 6.02. The Morgan fingerprint density at radius 2 is 2.06 bits per heavy atom. The second-order valence-electron chi connectivity index (χ2n) is 3.92. The SMILES string of the molecule is CN1CCN(Cc2ccc(Br)cn2)C(=O)C1=O. The van der Waals surface area contributed by atoms with Gasteiger partial charge in [0.15, 0.2) is 0 Å². The van der Waals surface area contributed by atoms with E-state index in [9.17, 15) is 9.59 Å². The average molecular weight is 298 g/mol. The van der Waals surface area contributed by atoms with Crippen molar-refractivity contribution in [3.05, 3.63) is 28.5 Å². The van der Waals surface area contributed by atoms with Crippen LogP contribution in [0.5, 0.6) is 0 Å². The maximum atomic E-state index is 11.7. The van der Waals surface area contributed by atoms with Crippen molar-refractivity contribution in [3.8, 4) is 0 Å². The van der Waals surface area contributed by atoms with Gasteiger partial charge in [0, 0.05) is 30.8 Å². The Hall–Kier alpha value is -1.43. The zero-order valence-electron chi connectivity index (χ0n) is 9.39. The molecule has 17 heavy (non-hydrogen) atoms. The van der Waals surface area contributed by atoms with E-state index in [4.69, 9.17) is 0 Å². The van der Waals surface area contributed by atoms with Crippen molar-refractivity contribution >= 4 is 27.7 Å². The summed E-state index contributed by atoms with van der Waals surface area (Å²) >= 11 is 3.30. The number of carbonyl (C=O) groups excluding carboxylic acids is 2. The lowest BCUT2D eigenvalue weighted by Crippen LogP contribution is -2.52. The molecule has 0 radical (unpaired) electrons. The number of hydrogen-bond acceptors (Lipinski definition) is 3. The van der Waals surface area contributed by atoms with Gasteiger partial charge in [0.25, 0.3) is 0 Å². The van der Waals surface area contributed by atoms with Crippen molar-refractivity contribution in [2.45, 2.75) is 6.54 Å². The summed E-state index contributed by atoms with van der Waals surface area (Å²) < 4.78 is 0.891. The van der Waals surface area contributed by atoms with Gasteiger partial charge in [0.1, 0.15) is 0 Å². The molecule has 0 aromatic carbocycles. The van der Waals surface area contributed by atoms with Crippen LogP contribution < -0.4 is 0 Å². The Morgan fingerprint density at radius 3 is 2.71 bits per heavy atom. The van der Waals surface area contributed by atoms with E-state index in [1.54, 1.807) is 13.2 Å². The molecule has 6 heteroatoms. The lowest BCUT2D eigenvalue weighted by atomic mass is 10.2. The third-order valence-electron chi connectivity index (χ3n) is 2.66. The first-order chi connectivity index (χ1) is 8.08. The van der Waals surface area contributed by atoms with Gasteiger partial charge in [-0.2, -0.15) is 0 Å². The molecular formula is C11H12BrN3O2. The molecule has 5 nitrogen and oxygen atoms in total. The molecule has 0 spiro atoms. The number of likely N-dealkylation sites (N-methyl/N-ethyl adjacent to an activating group) is 1. The maximum absolute atomic E-state index is 11.7. The Bertz CT molecular complexity index is 447. The van der Waals surface area contributed by atoms with Crippen LogP contribution in [-0.4, -0.2) is 46.7 Å². The predicted molar refractivity (Wildman–Crippen MR) is 65.0 cm³/mol. The summed E-state index contributed by atoms with van der Waals surface area (Å²) in [4.78, 5) is 30.3. The highest BCUT2D eigenvalue weighted by Crippen LogP contribution is 2.11. The Kier molecular flexibility index (Phi) is 3.42. The number of rotatable bonds is 2. The quantitative estimate of drug-likeness (QED) is 0.753. The summed E-state index contributed by atoms with van der Waals surface area (Å²) in [6, 6.07) is 3.70. The molecule has 2 amide bonds. The van der Waals surface area contributed by atoms with Crippen LogP contribution in [0.1, 0.15) is 5.69 Å². The molecular weight excluding hydrogens is 286 g/mol. The summed E-state index contributed by atoms with van der Waals surface area (Å²) in [5.41, 5.74) is 0.777. The van der Waals surface area contributed by atoms with E-state index in [1.807, 2.05) is 12.1 Å². The van der Waals surface area contributed by atoms with Gasteiger partial charge in [0.05, 0.1) is 12.2 Å². The van der Waals surface area contributed by atoms with Crippen LogP contribution >= 0.6 is 15.9 Å². The number of pyridine rings is 1. The fourth-order valence-corrected chi connectivity index (χ4v) is 1.85. The molecule has 0 N–H and O–H groups in total. The molecule has 1 aliphatic rings. The first-order valence-electron chi connectivity index (χ1n) is 5.23. The normalized spacial score (nSPS) is 16.6. The Morgan fingerprint density at radius 1 is 1.29 bits per heavy atom. The predicted octanol–water partition coefficient (Wildman–Crippen LogP) is 0.645. The number of carbonyl (C=O) groups is 2. The van der Waals surface area contributed by atoms with Crippen LogP contribution in [0.2, 0.25) is 0 Å². The monoisotopic (exact) mass is 297 g/mol. The second-order valence-corrected chi connectivity index (χ2v) is 4.84. The molecule has 1 aromatic heterocycles. The zero-order chi connectivity index (χ0) is 12.4. The third-order valence-corrected chi connectivity index (χ3v) is 3.13. The minimum atomic E-state index is -0.455. The van der Waals surface area contributed by atoms with E-state index in [2.05, 4.69) is 20.9 Å². The van der Waals surface area contributed by atoms with E-state index in [1.165, 1.54) is 9.80 Å². The van der Waals surface area contributed by atoms with Gasteiger partial charge in [-0.15, -0.1) is 0 Å². The van der Waals surface area contributed by atoms with Gasteiger partial charge in [-0.1, -0.05) is 0 Å². The number of halogens is 1. The number of amides is 2. The molecule has 1 fully saturated rings. The molecule has 0 unspecified atom stereocenters. The zero-order valence-corrected chi connectivity index (χ0v) is 11.0. The van der Waals surface area contributed by atoms with E-state index >= 15 is 0 Å². The lowest BCUT2D eigenvalue weighted by Gasteiger charge is -2.31. The molecule has 0 aliphatic carbocycles. The van der Waals surface area contributed by atoms with Crippen molar-refractivity contribution in [1.29, 1.82) is 0 Å². The number of hydrogen-bond donors (Lipinski definition) is 0. The van der Waals surface area contributed by atoms with Gasteiger partial charge in [-0.25, -0.2) is 0 Å². The first kappa shape index (κ1) is 12.0. The number of aromatic nitrogens is 1.